The average Bonchev–Trinajstić information content (AvgIpc) is 2.90. The van der Waals surface area contributed by atoms with Crippen molar-refractivity contribution in [2.75, 3.05) is 37.9 Å². The minimum atomic E-state index is 0.0547. The fraction of sp³-hybridized carbons (Fsp3) is 0.500. The number of amides is 1. The second kappa shape index (κ2) is 10.3. The van der Waals surface area contributed by atoms with E-state index in [1.807, 2.05) is 26.0 Å². The molecule has 0 fully saturated rings. The second-order valence-corrected chi connectivity index (χ2v) is 8.53. The third kappa shape index (κ3) is 5.43. The van der Waals surface area contributed by atoms with E-state index in [4.69, 9.17) is 26.9 Å². The van der Waals surface area contributed by atoms with Gasteiger partial charge in [-0.2, -0.15) is 0 Å². The maximum absolute atomic E-state index is 12.1. The Morgan fingerprint density at radius 3 is 2.62 bits per heavy atom. The molecule has 8 nitrogen and oxygen atoms in total. The third-order valence-corrected chi connectivity index (χ3v) is 6.53. The number of rotatable bonds is 8. The summed E-state index contributed by atoms with van der Waals surface area (Å²) >= 11 is 9.06. The van der Waals surface area contributed by atoms with Crippen molar-refractivity contribution in [1.82, 2.24) is 19.8 Å². The van der Waals surface area contributed by atoms with Crippen molar-refractivity contribution in [3.05, 3.63) is 22.7 Å². The molecule has 0 saturated heterocycles. The Hall–Kier alpha value is -1.78. The van der Waals surface area contributed by atoms with Gasteiger partial charge in [0.05, 0.1) is 24.0 Å². The molecule has 0 aliphatic carbocycles. The molecule has 2 heterocycles. The Morgan fingerprint density at radius 1 is 1.21 bits per heavy atom. The van der Waals surface area contributed by atoms with Crippen molar-refractivity contribution >= 4 is 41.0 Å². The number of nitrogens with two attached hydrogens (primary N) is 1. The zero-order chi connectivity index (χ0) is 20.8. The van der Waals surface area contributed by atoms with Gasteiger partial charge < -0.3 is 20.2 Å². The summed E-state index contributed by atoms with van der Waals surface area (Å²) in [5.41, 5.74) is 0.971. The smallest absolute Gasteiger partial charge is 0.233 e. The highest BCUT2D eigenvalue weighted by Gasteiger charge is 2.18. The molecule has 158 valence electrons. The molecule has 1 aromatic carbocycles. The number of ether oxygens (including phenoxy) is 2. The molecule has 0 atom stereocenters. The fourth-order valence-corrected chi connectivity index (χ4v) is 4.66. The summed E-state index contributed by atoms with van der Waals surface area (Å²) in [4.78, 5) is 13.9. The van der Waals surface area contributed by atoms with Gasteiger partial charge in [0, 0.05) is 25.3 Å². The number of nitrogen functional groups attached to an aromatic ring is 1. The normalized spacial score (nSPS) is 13.2. The van der Waals surface area contributed by atoms with Crippen LogP contribution in [-0.4, -0.2) is 57.7 Å². The van der Waals surface area contributed by atoms with Gasteiger partial charge in [0.15, 0.2) is 11.5 Å². The summed E-state index contributed by atoms with van der Waals surface area (Å²) in [6.45, 7) is 6.48. The van der Waals surface area contributed by atoms with Crippen LogP contribution < -0.4 is 15.3 Å². The predicted molar refractivity (Wildman–Crippen MR) is 115 cm³/mol. The van der Waals surface area contributed by atoms with Gasteiger partial charge >= 0.3 is 0 Å². The first-order valence-corrected chi connectivity index (χ1v) is 11.7. The van der Waals surface area contributed by atoms with E-state index in [1.165, 1.54) is 28.2 Å². The molecule has 1 aliphatic rings. The van der Waals surface area contributed by atoms with Crippen molar-refractivity contribution in [3.63, 3.8) is 0 Å². The number of hydrogen-bond acceptors (Lipinski definition) is 8. The van der Waals surface area contributed by atoms with Crippen LogP contribution in [-0.2, 0) is 10.5 Å². The highest BCUT2D eigenvalue weighted by atomic mass is 35.5. The molecule has 0 radical (unpaired) electrons. The van der Waals surface area contributed by atoms with Crippen LogP contribution in [0.5, 0.6) is 11.5 Å². The Bertz CT molecular complexity index is 860. The van der Waals surface area contributed by atoms with E-state index < -0.39 is 0 Å². The van der Waals surface area contributed by atoms with Gasteiger partial charge in [-0.05, 0) is 31.5 Å². The average molecular weight is 458 g/mol. The highest BCUT2D eigenvalue weighted by Crippen LogP contribution is 2.39. The number of benzene rings is 1. The Balaban J connectivity index is 1.61. The molecular weight excluding hydrogens is 434 g/mol. The summed E-state index contributed by atoms with van der Waals surface area (Å²) in [6, 6.07) is 3.78. The number of carbonyl (C=O) groups is 1. The number of fused-ring (bicyclic) bond motifs is 1. The lowest BCUT2D eigenvalue weighted by Crippen LogP contribution is -2.32. The Morgan fingerprint density at radius 2 is 1.90 bits per heavy atom. The molecular formula is C18H24ClN5O3S2. The predicted octanol–water partition coefficient (Wildman–Crippen LogP) is 3.06. The molecule has 0 bridgehead atoms. The molecule has 0 spiro atoms. The van der Waals surface area contributed by atoms with Crippen LogP contribution in [0.25, 0.3) is 0 Å². The first-order valence-electron chi connectivity index (χ1n) is 9.35. The summed E-state index contributed by atoms with van der Waals surface area (Å²) in [5.74, 6) is 8.29. The number of carbonyl (C=O) groups excluding carboxylic acids is 1. The molecule has 0 unspecified atom stereocenters. The zero-order valence-electron chi connectivity index (χ0n) is 16.4. The van der Waals surface area contributed by atoms with E-state index in [1.54, 1.807) is 4.90 Å². The van der Waals surface area contributed by atoms with Gasteiger partial charge in [-0.15, -0.1) is 10.2 Å². The summed E-state index contributed by atoms with van der Waals surface area (Å²) in [5, 5.41) is 9.83. The Labute approximate surface area is 183 Å². The molecule has 3 rings (SSSR count). The van der Waals surface area contributed by atoms with E-state index >= 15 is 0 Å². The first-order chi connectivity index (χ1) is 14.0. The lowest BCUT2D eigenvalue weighted by atomic mass is 10.2. The van der Waals surface area contributed by atoms with Crippen LogP contribution >= 0.6 is 35.1 Å². The van der Waals surface area contributed by atoms with Gasteiger partial charge in [-0.25, -0.2) is 4.68 Å². The SMILES string of the molecule is CCN(CC)C(=O)CSc1nnc(SCc2cc(Cl)c3c(c2)OCCCO3)n1N. The number of hydrogen-bond donors (Lipinski definition) is 1. The molecule has 2 aromatic rings. The van der Waals surface area contributed by atoms with Gasteiger partial charge in [0.25, 0.3) is 0 Å². The second-order valence-electron chi connectivity index (χ2n) is 6.23. The zero-order valence-corrected chi connectivity index (χ0v) is 18.8. The minimum Gasteiger partial charge on any atom is -0.489 e. The highest BCUT2D eigenvalue weighted by molar-refractivity contribution is 8.00. The Kier molecular flexibility index (Phi) is 7.79. The quantitative estimate of drug-likeness (QED) is 0.477. The van der Waals surface area contributed by atoms with Crippen molar-refractivity contribution in [2.24, 2.45) is 0 Å². The first kappa shape index (κ1) is 21.9. The van der Waals surface area contributed by atoms with Gasteiger partial charge in [0.1, 0.15) is 0 Å². The number of thioether (sulfide) groups is 2. The lowest BCUT2D eigenvalue weighted by molar-refractivity contribution is -0.127. The molecule has 2 N–H and O–H groups in total. The van der Waals surface area contributed by atoms with E-state index in [-0.39, 0.29) is 11.7 Å². The van der Waals surface area contributed by atoms with Gasteiger partial charge in [0.2, 0.25) is 16.2 Å². The molecule has 29 heavy (non-hydrogen) atoms. The molecule has 1 aromatic heterocycles. The maximum atomic E-state index is 12.1. The standard InChI is InChI=1S/C18H24ClN5O3S2/c1-3-23(4-2)15(25)11-29-18-22-21-17(24(18)20)28-10-12-8-13(19)16-14(9-12)26-6-5-7-27-16/h8-9H,3-7,10-11,20H2,1-2H3. The minimum absolute atomic E-state index is 0.0547. The van der Waals surface area contributed by atoms with Crippen LogP contribution in [0, 0.1) is 0 Å². The molecule has 1 aliphatic heterocycles. The van der Waals surface area contributed by atoms with Crippen molar-refractivity contribution < 1.29 is 14.3 Å². The number of halogens is 1. The van der Waals surface area contributed by atoms with Gasteiger partial charge in [-0.1, -0.05) is 35.1 Å². The largest absolute Gasteiger partial charge is 0.489 e. The molecule has 1 amide bonds. The van der Waals surface area contributed by atoms with E-state index in [9.17, 15) is 4.79 Å². The monoisotopic (exact) mass is 457 g/mol. The summed E-state index contributed by atoms with van der Waals surface area (Å²) < 4.78 is 12.8. The summed E-state index contributed by atoms with van der Waals surface area (Å²) in [7, 11) is 0. The van der Waals surface area contributed by atoms with Gasteiger partial charge in [-0.3, -0.25) is 4.79 Å². The van der Waals surface area contributed by atoms with Crippen molar-refractivity contribution in [2.45, 2.75) is 36.3 Å². The van der Waals surface area contributed by atoms with Crippen LogP contribution in [0.3, 0.4) is 0 Å². The number of nitrogens with zero attached hydrogens (tertiary/aromatic N) is 4. The molecule has 0 saturated carbocycles. The lowest BCUT2D eigenvalue weighted by Gasteiger charge is -2.17. The maximum Gasteiger partial charge on any atom is 0.233 e. The summed E-state index contributed by atoms with van der Waals surface area (Å²) in [6.07, 6.45) is 0.822. The van der Waals surface area contributed by atoms with E-state index in [0.717, 1.165) is 12.0 Å². The molecule has 11 heteroatoms. The van der Waals surface area contributed by atoms with E-state index in [2.05, 4.69) is 10.2 Å². The van der Waals surface area contributed by atoms with Crippen molar-refractivity contribution in [1.29, 1.82) is 0 Å². The van der Waals surface area contributed by atoms with E-state index in [0.29, 0.717) is 58.9 Å². The fourth-order valence-electron chi connectivity index (χ4n) is 2.77. The third-order valence-electron chi connectivity index (χ3n) is 4.30. The van der Waals surface area contributed by atoms with Crippen LogP contribution in [0.1, 0.15) is 25.8 Å². The van der Waals surface area contributed by atoms with Crippen LogP contribution in [0.2, 0.25) is 5.02 Å². The van der Waals surface area contributed by atoms with Crippen molar-refractivity contribution in [3.8, 4) is 11.5 Å². The van der Waals surface area contributed by atoms with Crippen LogP contribution in [0.4, 0.5) is 0 Å². The number of aromatic nitrogens is 3. The topological polar surface area (TPSA) is 95.5 Å². The van der Waals surface area contributed by atoms with Crippen LogP contribution in [0.15, 0.2) is 22.4 Å².